The Balaban J connectivity index is 1.86. The third-order valence-electron chi connectivity index (χ3n) is 3.39. The minimum atomic E-state index is 0.498. The van der Waals surface area contributed by atoms with E-state index < -0.39 is 0 Å². The SMILES string of the molecule is CCc1nsc(N2CCN(C(C)COC)CC2)n1. The number of aromatic nitrogens is 2. The Hall–Kier alpha value is -0.720. The fourth-order valence-electron chi connectivity index (χ4n) is 2.22. The number of anilines is 1. The Labute approximate surface area is 113 Å². The summed E-state index contributed by atoms with van der Waals surface area (Å²) < 4.78 is 9.56. The van der Waals surface area contributed by atoms with Gasteiger partial charge in [0.15, 0.2) is 0 Å². The van der Waals surface area contributed by atoms with Crippen LogP contribution < -0.4 is 4.90 Å². The molecule has 5 nitrogen and oxygen atoms in total. The van der Waals surface area contributed by atoms with Crippen LogP contribution in [0.15, 0.2) is 0 Å². The monoisotopic (exact) mass is 270 g/mol. The minimum Gasteiger partial charge on any atom is -0.383 e. The smallest absolute Gasteiger partial charge is 0.205 e. The lowest BCUT2D eigenvalue weighted by Gasteiger charge is -2.37. The van der Waals surface area contributed by atoms with Crippen LogP contribution in [0.25, 0.3) is 0 Å². The van der Waals surface area contributed by atoms with E-state index in [1.54, 1.807) is 7.11 Å². The van der Waals surface area contributed by atoms with Gasteiger partial charge in [-0.15, -0.1) is 0 Å². The Morgan fingerprint density at radius 3 is 2.61 bits per heavy atom. The molecular weight excluding hydrogens is 248 g/mol. The summed E-state index contributed by atoms with van der Waals surface area (Å²) in [4.78, 5) is 9.36. The van der Waals surface area contributed by atoms with Crippen molar-refractivity contribution in [1.82, 2.24) is 14.3 Å². The van der Waals surface area contributed by atoms with Crippen LogP contribution in [0.2, 0.25) is 0 Å². The fraction of sp³-hybridized carbons (Fsp3) is 0.833. The Kier molecular flexibility index (Phi) is 4.91. The maximum absolute atomic E-state index is 5.21. The predicted octanol–water partition coefficient (Wildman–Crippen LogP) is 1.26. The van der Waals surface area contributed by atoms with E-state index in [2.05, 4.69) is 33.0 Å². The molecule has 18 heavy (non-hydrogen) atoms. The number of piperazine rings is 1. The topological polar surface area (TPSA) is 41.5 Å². The van der Waals surface area contributed by atoms with Crippen molar-refractivity contribution in [2.75, 3.05) is 44.8 Å². The molecule has 1 fully saturated rings. The largest absolute Gasteiger partial charge is 0.383 e. The van der Waals surface area contributed by atoms with Crippen LogP contribution >= 0.6 is 11.5 Å². The molecule has 1 aromatic rings. The van der Waals surface area contributed by atoms with Crippen LogP contribution in [-0.4, -0.2) is 60.2 Å². The first-order valence-corrected chi connectivity index (χ1v) is 7.32. The van der Waals surface area contributed by atoms with Crippen molar-refractivity contribution in [3.63, 3.8) is 0 Å². The molecule has 1 unspecified atom stereocenters. The summed E-state index contributed by atoms with van der Waals surface area (Å²) in [6, 6.07) is 0.498. The molecule has 0 saturated carbocycles. The summed E-state index contributed by atoms with van der Waals surface area (Å²) in [5, 5.41) is 1.07. The molecule has 1 aliphatic heterocycles. The highest BCUT2D eigenvalue weighted by Gasteiger charge is 2.22. The average molecular weight is 270 g/mol. The number of methoxy groups -OCH3 is 1. The van der Waals surface area contributed by atoms with E-state index >= 15 is 0 Å². The van der Waals surface area contributed by atoms with E-state index in [1.807, 2.05) is 0 Å². The van der Waals surface area contributed by atoms with Crippen molar-refractivity contribution >= 4 is 16.7 Å². The first-order chi connectivity index (χ1) is 8.74. The van der Waals surface area contributed by atoms with Crippen LogP contribution in [-0.2, 0) is 11.2 Å². The maximum Gasteiger partial charge on any atom is 0.205 e. The van der Waals surface area contributed by atoms with Gasteiger partial charge >= 0.3 is 0 Å². The molecule has 1 atom stereocenters. The molecule has 0 N–H and O–H groups in total. The normalized spacial score (nSPS) is 19.2. The van der Waals surface area contributed by atoms with E-state index in [0.717, 1.165) is 50.2 Å². The van der Waals surface area contributed by atoms with Gasteiger partial charge in [0.05, 0.1) is 6.61 Å². The lowest BCUT2D eigenvalue weighted by atomic mass is 10.2. The molecule has 2 rings (SSSR count). The second-order valence-corrected chi connectivity index (χ2v) is 5.40. The molecular formula is C12H22N4OS. The van der Waals surface area contributed by atoms with Gasteiger partial charge in [-0.25, -0.2) is 4.98 Å². The minimum absolute atomic E-state index is 0.498. The quantitative estimate of drug-likeness (QED) is 0.805. The third-order valence-corrected chi connectivity index (χ3v) is 4.20. The van der Waals surface area contributed by atoms with Crippen molar-refractivity contribution in [3.8, 4) is 0 Å². The zero-order valence-corrected chi connectivity index (χ0v) is 12.2. The van der Waals surface area contributed by atoms with Crippen LogP contribution in [0.5, 0.6) is 0 Å². The van der Waals surface area contributed by atoms with Gasteiger partial charge in [0.2, 0.25) is 5.13 Å². The van der Waals surface area contributed by atoms with Crippen molar-refractivity contribution in [3.05, 3.63) is 5.82 Å². The molecule has 0 aromatic carbocycles. The number of ether oxygens (including phenoxy) is 1. The molecule has 102 valence electrons. The second-order valence-electron chi connectivity index (χ2n) is 4.67. The summed E-state index contributed by atoms with van der Waals surface area (Å²) in [5.74, 6) is 0.963. The lowest BCUT2D eigenvalue weighted by molar-refractivity contribution is 0.0953. The molecule has 1 aliphatic rings. The second kappa shape index (κ2) is 6.45. The van der Waals surface area contributed by atoms with Gasteiger partial charge in [-0.3, -0.25) is 4.90 Å². The van der Waals surface area contributed by atoms with Crippen LogP contribution in [0.3, 0.4) is 0 Å². The molecule has 2 heterocycles. The van der Waals surface area contributed by atoms with Crippen LogP contribution in [0, 0.1) is 0 Å². The molecule has 0 radical (unpaired) electrons. The fourth-order valence-corrected chi connectivity index (χ4v) is 3.02. The molecule has 1 saturated heterocycles. The van der Waals surface area contributed by atoms with Crippen molar-refractivity contribution < 1.29 is 4.74 Å². The highest BCUT2D eigenvalue weighted by Crippen LogP contribution is 2.19. The molecule has 1 aromatic heterocycles. The van der Waals surface area contributed by atoms with Gasteiger partial charge in [0.25, 0.3) is 0 Å². The molecule has 0 amide bonds. The number of hydrogen-bond donors (Lipinski definition) is 0. The van der Waals surface area contributed by atoms with Crippen molar-refractivity contribution in [2.45, 2.75) is 26.3 Å². The van der Waals surface area contributed by atoms with Crippen LogP contribution in [0.1, 0.15) is 19.7 Å². The van der Waals surface area contributed by atoms with Gasteiger partial charge in [0, 0.05) is 57.3 Å². The van der Waals surface area contributed by atoms with Gasteiger partial charge in [-0.2, -0.15) is 4.37 Å². The molecule has 6 heteroatoms. The highest BCUT2D eigenvalue weighted by molar-refractivity contribution is 7.09. The summed E-state index contributed by atoms with van der Waals surface area (Å²) >= 11 is 1.52. The summed E-state index contributed by atoms with van der Waals surface area (Å²) in [7, 11) is 1.76. The van der Waals surface area contributed by atoms with Crippen molar-refractivity contribution in [1.29, 1.82) is 0 Å². The van der Waals surface area contributed by atoms with E-state index in [4.69, 9.17) is 4.74 Å². The maximum atomic E-state index is 5.21. The van der Waals surface area contributed by atoms with Crippen molar-refractivity contribution in [2.24, 2.45) is 0 Å². The number of hydrogen-bond acceptors (Lipinski definition) is 6. The Morgan fingerprint density at radius 1 is 1.33 bits per heavy atom. The van der Waals surface area contributed by atoms with Gasteiger partial charge in [-0.1, -0.05) is 6.92 Å². The number of nitrogens with zero attached hydrogens (tertiary/aromatic N) is 4. The van der Waals surface area contributed by atoms with E-state index in [-0.39, 0.29) is 0 Å². The van der Waals surface area contributed by atoms with Gasteiger partial charge < -0.3 is 9.64 Å². The zero-order valence-electron chi connectivity index (χ0n) is 11.4. The first kappa shape index (κ1) is 13.7. The number of rotatable bonds is 5. The van der Waals surface area contributed by atoms with E-state index in [9.17, 15) is 0 Å². The first-order valence-electron chi connectivity index (χ1n) is 6.55. The zero-order chi connectivity index (χ0) is 13.0. The van der Waals surface area contributed by atoms with E-state index in [0.29, 0.717) is 6.04 Å². The van der Waals surface area contributed by atoms with Crippen LogP contribution in [0.4, 0.5) is 5.13 Å². The average Bonchev–Trinajstić information content (AvgIpc) is 2.88. The van der Waals surface area contributed by atoms with Gasteiger partial charge in [-0.05, 0) is 6.92 Å². The molecule has 0 spiro atoms. The standard InChI is InChI=1S/C12H22N4OS/c1-4-11-13-12(18-14-11)16-7-5-15(6-8-16)10(2)9-17-3/h10H,4-9H2,1-3H3. The number of aryl methyl sites for hydroxylation is 1. The molecule has 0 bridgehead atoms. The third kappa shape index (κ3) is 3.18. The lowest BCUT2D eigenvalue weighted by Crippen LogP contribution is -2.50. The van der Waals surface area contributed by atoms with Gasteiger partial charge in [0.1, 0.15) is 5.82 Å². The predicted molar refractivity (Wildman–Crippen MR) is 74.4 cm³/mol. The van der Waals surface area contributed by atoms with E-state index in [1.165, 1.54) is 11.5 Å². The highest BCUT2D eigenvalue weighted by atomic mass is 32.1. The summed E-state index contributed by atoms with van der Waals surface area (Å²) in [6.45, 7) is 9.34. The Bertz CT molecular complexity index is 363. The Morgan fingerprint density at radius 2 is 2.06 bits per heavy atom. The summed E-state index contributed by atoms with van der Waals surface area (Å²) in [5.41, 5.74) is 0. The molecule has 0 aliphatic carbocycles. The summed E-state index contributed by atoms with van der Waals surface area (Å²) in [6.07, 6.45) is 0.918.